The lowest BCUT2D eigenvalue weighted by molar-refractivity contribution is 0.0997. The molecule has 1 amide bonds. The third-order valence-corrected chi connectivity index (χ3v) is 5.20. The van der Waals surface area contributed by atoms with Gasteiger partial charge < -0.3 is 14.2 Å². The average Bonchev–Trinajstić information content (AvgIpc) is 3.32. The van der Waals surface area contributed by atoms with E-state index in [1.165, 1.54) is 24.3 Å². The summed E-state index contributed by atoms with van der Waals surface area (Å²) in [6.07, 6.45) is 0. The fraction of sp³-hybridized carbons (Fsp3) is 0.0400. The van der Waals surface area contributed by atoms with Gasteiger partial charge in [-0.15, -0.1) is 0 Å². The Morgan fingerprint density at radius 2 is 1.35 bits per heavy atom. The molecule has 1 N–H and O–H groups in total. The van der Waals surface area contributed by atoms with Gasteiger partial charge in [0.1, 0.15) is 17.0 Å². The van der Waals surface area contributed by atoms with Crippen LogP contribution in [0, 0.1) is 12.7 Å². The standard InChI is InChI=1S/C25H16FNO4/c1-14-17-6-2-4-8-19(17)30-23(14)25(29)27-21-18-7-3-5-9-20(18)31-24(21)22(28)15-10-12-16(26)13-11-15/h2-13H,1H3,(H,27,29). The number of halogens is 1. The van der Waals surface area contributed by atoms with E-state index in [1.807, 2.05) is 18.2 Å². The van der Waals surface area contributed by atoms with Crippen LogP contribution in [0.2, 0.25) is 0 Å². The van der Waals surface area contributed by atoms with Crippen LogP contribution < -0.4 is 5.32 Å². The lowest BCUT2D eigenvalue weighted by atomic mass is 10.1. The number of anilines is 1. The Balaban J connectivity index is 1.59. The highest BCUT2D eigenvalue weighted by atomic mass is 19.1. The topological polar surface area (TPSA) is 72.5 Å². The number of benzene rings is 3. The zero-order chi connectivity index (χ0) is 21.5. The number of hydrogen-bond donors (Lipinski definition) is 1. The summed E-state index contributed by atoms with van der Waals surface area (Å²) in [5.41, 5.74) is 2.24. The lowest BCUT2D eigenvalue weighted by Gasteiger charge is -2.05. The number of aryl methyl sites for hydroxylation is 1. The quantitative estimate of drug-likeness (QED) is 0.361. The molecule has 0 radical (unpaired) electrons. The van der Waals surface area contributed by atoms with E-state index in [9.17, 15) is 14.0 Å². The minimum absolute atomic E-state index is 0.0325. The number of hydrogen-bond acceptors (Lipinski definition) is 4. The molecule has 152 valence electrons. The molecule has 2 heterocycles. The van der Waals surface area contributed by atoms with Gasteiger partial charge in [0.25, 0.3) is 5.91 Å². The number of fused-ring (bicyclic) bond motifs is 2. The molecule has 2 aromatic heterocycles. The largest absolute Gasteiger partial charge is 0.451 e. The normalized spacial score (nSPS) is 11.2. The van der Waals surface area contributed by atoms with Gasteiger partial charge in [0.2, 0.25) is 5.78 Å². The van der Waals surface area contributed by atoms with Gasteiger partial charge in [0.15, 0.2) is 11.5 Å². The van der Waals surface area contributed by atoms with Crippen LogP contribution in [0.4, 0.5) is 10.1 Å². The molecule has 5 nitrogen and oxygen atoms in total. The van der Waals surface area contributed by atoms with Crippen molar-refractivity contribution in [2.24, 2.45) is 0 Å². The van der Waals surface area contributed by atoms with Gasteiger partial charge in [0.05, 0.1) is 5.69 Å². The molecule has 0 aliphatic rings. The fourth-order valence-electron chi connectivity index (χ4n) is 3.62. The molecule has 5 aromatic rings. The van der Waals surface area contributed by atoms with Gasteiger partial charge in [-0.2, -0.15) is 0 Å². The van der Waals surface area contributed by atoms with Crippen molar-refractivity contribution in [2.45, 2.75) is 6.92 Å². The van der Waals surface area contributed by atoms with E-state index < -0.39 is 17.5 Å². The van der Waals surface area contributed by atoms with Crippen molar-refractivity contribution >= 4 is 39.3 Å². The molecule has 0 aliphatic carbocycles. The van der Waals surface area contributed by atoms with Crippen LogP contribution in [0.15, 0.2) is 81.6 Å². The van der Waals surface area contributed by atoms with Crippen LogP contribution in [-0.2, 0) is 0 Å². The maximum absolute atomic E-state index is 13.3. The molecule has 0 spiro atoms. The smallest absolute Gasteiger partial charge is 0.291 e. The molecule has 0 atom stereocenters. The summed E-state index contributed by atoms with van der Waals surface area (Å²) in [5, 5.41) is 4.21. The first-order valence-electron chi connectivity index (χ1n) is 9.64. The molecule has 3 aromatic carbocycles. The number of para-hydroxylation sites is 2. The first-order chi connectivity index (χ1) is 15.0. The number of furan rings is 2. The Morgan fingerprint density at radius 3 is 2.03 bits per heavy atom. The fourth-order valence-corrected chi connectivity index (χ4v) is 3.62. The third kappa shape index (κ3) is 3.18. The maximum atomic E-state index is 13.3. The van der Waals surface area contributed by atoms with Crippen LogP contribution in [-0.4, -0.2) is 11.7 Å². The molecule has 0 unspecified atom stereocenters. The summed E-state index contributed by atoms with van der Waals surface area (Å²) >= 11 is 0. The second-order valence-electron chi connectivity index (χ2n) is 7.14. The van der Waals surface area contributed by atoms with Gasteiger partial charge >= 0.3 is 0 Å². The van der Waals surface area contributed by atoms with Crippen molar-refractivity contribution in [3.8, 4) is 0 Å². The summed E-state index contributed by atoms with van der Waals surface area (Å²) in [4.78, 5) is 26.2. The third-order valence-electron chi connectivity index (χ3n) is 5.20. The number of amides is 1. The van der Waals surface area contributed by atoms with Gasteiger partial charge in [-0.3, -0.25) is 9.59 Å². The van der Waals surface area contributed by atoms with Crippen LogP contribution in [0.5, 0.6) is 0 Å². The molecule has 0 aliphatic heterocycles. The molecule has 5 rings (SSSR count). The van der Waals surface area contributed by atoms with Gasteiger partial charge in [-0.05, 0) is 49.4 Å². The van der Waals surface area contributed by atoms with E-state index in [0.717, 1.165) is 5.39 Å². The highest BCUT2D eigenvalue weighted by Gasteiger charge is 2.26. The van der Waals surface area contributed by atoms with Crippen LogP contribution >= 0.6 is 0 Å². The van der Waals surface area contributed by atoms with Gasteiger partial charge in [0, 0.05) is 21.9 Å². The van der Waals surface area contributed by atoms with Crippen molar-refractivity contribution < 1.29 is 22.8 Å². The Morgan fingerprint density at radius 1 is 0.774 bits per heavy atom. The first-order valence-corrected chi connectivity index (χ1v) is 9.64. The maximum Gasteiger partial charge on any atom is 0.291 e. The molecule has 0 fully saturated rings. The average molecular weight is 413 g/mol. The van der Waals surface area contributed by atoms with Gasteiger partial charge in [-0.25, -0.2) is 4.39 Å². The monoisotopic (exact) mass is 413 g/mol. The molecule has 31 heavy (non-hydrogen) atoms. The van der Waals surface area contributed by atoms with Gasteiger partial charge in [-0.1, -0.05) is 30.3 Å². The first kappa shape index (κ1) is 18.8. The summed E-state index contributed by atoms with van der Waals surface area (Å²) in [5.74, 6) is -1.28. The van der Waals surface area contributed by atoms with E-state index in [0.29, 0.717) is 22.1 Å². The number of carbonyl (C=O) groups excluding carboxylic acids is 2. The Kier molecular flexibility index (Phi) is 4.40. The minimum atomic E-state index is -0.492. The second kappa shape index (κ2) is 7.25. The van der Waals surface area contributed by atoms with Crippen molar-refractivity contribution in [2.75, 3.05) is 5.32 Å². The number of rotatable bonds is 4. The van der Waals surface area contributed by atoms with Crippen molar-refractivity contribution in [3.63, 3.8) is 0 Å². The van der Waals surface area contributed by atoms with E-state index >= 15 is 0 Å². The Bertz CT molecular complexity index is 1460. The predicted octanol–water partition coefficient (Wildman–Crippen LogP) is 6.11. The molecular formula is C25H16FNO4. The van der Waals surface area contributed by atoms with E-state index in [-0.39, 0.29) is 22.8 Å². The van der Waals surface area contributed by atoms with Crippen molar-refractivity contribution in [1.29, 1.82) is 0 Å². The zero-order valence-electron chi connectivity index (χ0n) is 16.4. The molecule has 6 heteroatoms. The Labute approximate surface area is 176 Å². The number of carbonyl (C=O) groups is 2. The van der Waals surface area contributed by atoms with Crippen LogP contribution in [0.3, 0.4) is 0 Å². The van der Waals surface area contributed by atoms with E-state index in [4.69, 9.17) is 8.83 Å². The molecular weight excluding hydrogens is 397 g/mol. The second-order valence-corrected chi connectivity index (χ2v) is 7.14. The lowest BCUT2D eigenvalue weighted by Crippen LogP contribution is -2.14. The summed E-state index contributed by atoms with van der Waals surface area (Å²) < 4.78 is 24.8. The number of ketones is 1. The van der Waals surface area contributed by atoms with Crippen molar-refractivity contribution in [1.82, 2.24) is 0 Å². The van der Waals surface area contributed by atoms with Crippen molar-refractivity contribution in [3.05, 3.63) is 101 Å². The predicted molar refractivity (Wildman–Crippen MR) is 115 cm³/mol. The Hall–Kier alpha value is -4.19. The highest BCUT2D eigenvalue weighted by Crippen LogP contribution is 2.34. The summed E-state index contributed by atoms with van der Waals surface area (Å²) in [6, 6.07) is 19.5. The van der Waals surface area contributed by atoms with E-state index in [2.05, 4.69) is 5.32 Å². The van der Waals surface area contributed by atoms with E-state index in [1.54, 1.807) is 37.3 Å². The number of nitrogens with one attached hydrogen (secondary N) is 1. The molecule has 0 saturated heterocycles. The SMILES string of the molecule is Cc1c(C(=O)Nc2c(C(=O)c3ccc(F)cc3)oc3ccccc23)oc2ccccc12. The van der Waals surface area contributed by atoms with Crippen LogP contribution in [0.25, 0.3) is 21.9 Å². The summed E-state index contributed by atoms with van der Waals surface area (Å²) in [7, 11) is 0. The molecule has 0 saturated carbocycles. The highest BCUT2D eigenvalue weighted by molar-refractivity contribution is 6.19. The zero-order valence-corrected chi connectivity index (χ0v) is 16.4. The summed E-state index contributed by atoms with van der Waals surface area (Å²) in [6.45, 7) is 1.80. The minimum Gasteiger partial charge on any atom is -0.451 e. The molecule has 0 bridgehead atoms. The van der Waals surface area contributed by atoms with Crippen LogP contribution in [0.1, 0.15) is 32.2 Å².